The number of rotatable bonds is 3. The van der Waals surface area contributed by atoms with Crippen LogP contribution in [0.15, 0.2) is 42.5 Å². The molecule has 0 saturated heterocycles. The highest BCUT2D eigenvalue weighted by Crippen LogP contribution is 2.25. The Hall–Kier alpha value is -0.580. The van der Waals surface area contributed by atoms with Crippen molar-refractivity contribution in [3.63, 3.8) is 0 Å². The summed E-state index contributed by atoms with van der Waals surface area (Å²) in [5.41, 5.74) is 9.64. The van der Waals surface area contributed by atoms with Crippen LogP contribution >= 0.6 is 34.2 Å². The molecule has 0 radical (unpaired) electrons. The van der Waals surface area contributed by atoms with Crippen LogP contribution in [0, 0.1) is 10.5 Å². The first-order valence-corrected chi connectivity index (χ1v) is 7.28. The second kappa shape index (κ2) is 6.04. The fourth-order valence-electron chi connectivity index (χ4n) is 1.92. The average Bonchev–Trinajstić information content (AvgIpc) is 2.32. The minimum absolute atomic E-state index is 0.0573. The maximum absolute atomic E-state index is 6.23. The number of nitrogens with two attached hydrogens (primary N) is 1. The summed E-state index contributed by atoms with van der Waals surface area (Å²) in [6.07, 6.45) is 0.805. The highest BCUT2D eigenvalue weighted by Gasteiger charge is 2.10. The lowest BCUT2D eigenvalue weighted by atomic mass is 9.99. The Balaban J connectivity index is 2.16. The first-order chi connectivity index (χ1) is 8.56. The van der Waals surface area contributed by atoms with Gasteiger partial charge in [-0.1, -0.05) is 35.9 Å². The van der Waals surface area contributed by atoms with Crippen LogP contribution in [0.25, 0.3) is 0 Å². The molecular weight excluding hydrogens is 357 g/mol. The summed E-state index contributed by atoms with van der Waals surface area (Å²) in [7, 11) is 0. The summed E-state index contributed by atoms with van der Waals surface area (Å²) in [5, 5.41) is 0.757. The summed E-state index contributed by atoms with van der Waals surface area (Å²) in [5.74, 6) is 0. The van der Waals surface area contributed by atoms with Gasteiger partial charge in [0, 0.05) is 14.6 Å². The van der Waals surface area contributed by atoms with E-state index in [2.05, 4.69) is 52.9 Å². The molecule has 0 spiro atoms. The summed E-state index contributed by atoms with van der Waals surface area (Å²) in [4.78, 5) is 0. The van der Waals surface area contributed by atoms with E-state index in [-0.39, 0.29) is 6.04 Å². The molecule has 0 amide bonds. The van der Waals surface area contributed by atoms with Crippen molar-refractivity contribution in [3.05, 3.63) is 67.7 Å². The molecular formula is C15H15ClIN. The van der Waals surface area contributed by atoms with E-state index in [1.54, 1.807) is 0 Å². The Kier molecular flexibility index (Phi) is 4.65. The molecule has 1 nitrogen and oxygen atoms in total. The first-order valence-electron chi connectivity index (χ1n) is 5.82. The van der Waals surface area contributed by atoms with Gasteiger partial charge in [0.1, 0.15) is 0 Å². The van der Waals surface area contributed by atoms with E-state index in [0.29, 0.717) is 0 Å². The van der Waals surface area contributed by atoms with Crippen LogP contribution in [0.1, 0.15) is 22.7 Å². The Morgan fingerprint density at radius 2 is 1.83 bits per heavy atom. The number of hydrogen-bond acceptors (Lipinski definition) is 1. The summed E-state index contributed by atoms with van der Waals surface area (Å²) < 4.78 is 1.23. The molecule has 2 rings (SSSR count). The summed E-state index contributed by atoms with van der Waals surface area (Å²) >= 11 is 8.53. The lowest BCUT2D eigenvalue weighted by molar-refractivity contribution is 0.722. The van der Waals surface area contributed by atoms with E-state index < -0.39 is 0 Å². The molecule has 0 aliphatic carbocycles. The molecule has 2 aromatic rings. The number of aryl methyl sites for hydroxylation is 1. The van der Waals surface area contributed by atoms with Gasteiger partial charge in [0.05, 0.1) is 0 Å². The number of benzene rings is 2. The molecule has 0 saturated carbocycles. The van der Waals surface area contributed by atoms with Gasteiger partial charge in [-0.25, -0.2) is 0 Å². The predicted octanol–water partition coefficient (Wildman–Crippen LogP) is 4.50. The second-order valence-electron chi connectivity index (χ2n) is 4.46. The molecule has 18 heavy (non-hydrogen) atoms. The minimum Gasteiger partial charge on any atom is -0.324 e. The van der Waals surface area contributed by atoms with Gasteiger partial charge in [0.15, 0.2) is 0 Å². The van der Waals surface area contributed by atoms with E-state index in [4.69, 9.17) is 17.3 Å². The largest absolute Gasteiger partial charge is 0.324 e. The zero-order valence-electron chi connectivity index (χ0n) is 10.2. The minimum atomic E-state index is -0.0573. The molecule has 2 N–H and O–H groups in total. The van der Waals surface area contributed by atoms with Crippen LogP contribution in [0.2, 0.25) is 5.02 Å². The van der Waals surface area contributed by atoms with Crippen LogP contribution in [0.5, 0.6) is 0 Å². The maximum atomic E-state index is 6.23. The van der Waals surface area contributed by atoms with E-state index in [1.165, 1.54) is 9.13 Å². The third-order valence-electron chi connectivity index (χ3n) is 2.92. The maximum Gasteiger partial charge on any atom is 0.0456 e. The van der Waals surface area contributed by atoms with E-state index >= 15 is 0 Å². The third-order valence-corrected chi connectivity index (χ3v) is 3.97. The summed E-state index contributed by atoms with van der Waals surface area (Å²) in [6, 6.07) is 14.4. The van der Waals surface area contributed by atoms with Crippen LogP contribution in [0.3, 0.4) is 0 Å². The standard InChI is InChI=1S/C15H15ClIN/c1-10-2-7-13(14(16)8-10)15(18)9-11-3-5-12(17)6-4-11/h2-8,15H,9,18H2,1H3. The predicted molar refractivity (Wildman–Crippen MR) is 86.0 cm³/mol. The lowest BCUT2D eigenvalue weighted by Gasteiger charge is -2.14. The van der Waals surface area contributed by atoms with E-state index in [1.807, 2.05) is 19.1 Å². The third kappa shape index (κ3) is 3.46. The normalized spacial score (nSPS) is 12.4. The molecule has 0 fully saturated rings. The molecule has 0 aromatic heterocycles. The average molecular weight is 372 g/mol. The van der Waals surface area contributed by atoms with E-state index in [0.717, 1.165) is 22.6 Å². The van der Waals surface area contributed by atoms with Crippen molar-refractivity contribution < 1.29 is 0 Å². The molecule has 0 aliphatic heterocycles. The van der Waals surface area contributed by atoms with Crippen molar-refractivity contribution in [2.75, 3.05) is 0 Å². The van der Waals surface area contributed by atoms with Crippen molar-refractivity contribution >= 4 is 34.2 Å². The SMILES string of the molecule is Cc1ccc(C(N)Cc2ccc(I)cc2)c(Cl)c1. The zero-order valence-corrected chi connectivity index (χ0v) is 13.1. The van der Waals surface area contributed by atoms with E-state index in [9.17, 15) is 0 Å². The van der Waals surface area contributed by atoms with Gasteiger partial charge in [0.25, 0.3) is 0 Å². The van der Waals surface area contributed by atoms with Crippen LogP contribution in [-0.2, 0) is 6.42 Å². The Bertz CT molecular complexity index is 537. The highest BCUT2D eigenvalue weighted by atomic mass is 127. The molecule has 1 unspecified atom stereocenters. The van der Waals surface area contributed by atoms with Crippen LogP contribution in [-0.4, -0.2) is 0 Å². The molecule has 2 aromatic carbocycles. The van der Waals surface area contributed by atoms with Gasteiger partial charge >= 0.3 is 0 Å². The Morgan fingerprint density at radius 1 is 1.17 bits per heavy atom. The molecule has 94 valence electrons. The Labute approximate surface area is 126 Å². The van der Waals surface area contributed by atoms with Gasteiger partial charge in [-0.05, 0) is 70.8 Å². The molecule has 1 atom stereocenters. The highest BCUT2D eigenvalue weighted by molar-refractivity contribution is 14.1. The first kappa shape index (κ1) is 13.8. The van der Waals surface area contributed by atoms with Gasteiger partial charge < -0.3 is 5.73 Å². The van der Waals surface area contributed by atoms with Crippen molar-refractivity contribution in [3.8, 4) is 0 Å². The van der Waals surface area contributed by atoms with Gasteiger partial charge in [-0.2, -0.15) is 0 Å². The Morgan fingerprint density at radius 3 is 2.44 bits per heavy atom. The lowest BCUT2D eigenvalue weighted by Crippen LogP contribution is -2.13. The van der Waals surface area contributed by atoms with Crippen molar-refractivity contribution in [2.45, 2.75) is 19.4 Å². The molecule has 3 heteroatoms. The molecule has 0 bridgehead atoms. The summed E-state index contributed by atoms with van der Waals surface area (Å²) in [6.45, 7) is 2.03. The van der Waals surface area contributed by atoms with Crippen LogP contribution < -0.4 is 5.73 Å². The van der Waals surface area contributed by atoms with Crippen LogP contribution in [0.4, 0.5) is 0 Å². The monoisotopic (exact) mass is 371 g/mol. The fraction of sp³-hybridized carbons (Fsp3) is 0.200. The quantitative estimate of drug-likeness (QED) is 0.790. The van der Waals surface area contributed by atoms with Crippen molar-refractivity contribution in [1.82, 2.24) is 0 Å². The zero-order chi connectivity index (χ0) is 13.1. The van der Waals surface area contributed by atoms with Crippen molar-refractivity contribution in [2.24, 2.45) is 5.73 Å². The second-order valence-corrected chi connectivity index (χ2v) is 6.11. The van der Waals surface area contributed by atoms with Crippen molar-refractivity contribution in [1.29, 1.82) is 0 Å². The fourth-order valence-corrected chi connectivity index (χ4v) is 2.65. The smallest absolute Gasteiger partial charge is 0.0456 e. The van der Waals surface area contributed by atoms with Gasteiger partial charge in [-0.3, -0.25) is 0 Å². The number of hydrogen-bond donors (Lipinski definition) is 1. The van der Waals surface area contributed by atoms with Gasteiger partial charge in [-0.15, -0.1) is 0 Å². The molecule has 0 aliphatic rings. The number of halogens is 2. The van der Waals surface area contributed by atoms with Gasteiger partial charge in [0.2, 0.25) is 0 Å². The molecule has 0 heterocycles. The topological polar surface area (TPSA) is 26.0 Å².